The third kappa shape index (κ3) is 1.84. The SMILES string of the molecule is Cc1c(-c2cc(C(=O)O)nc3ccccc23)cnn1C. The van der Waals surface area contributed by atoms with Gasteiger partial charge in [-0.25, -0.2) is 9.78 Å². The Morgan fingerprint density at radius 1 is 1.25 bits per heavy atom. The Bertz CT molecular complexity index is 821. The zero-order chi connectivity index (χ0) is 14.3. The van der Waals surface area contributed by atoms with Crippen LogP contribution in [0.1, 0.15) is 16.2 Å². The number of aromatic nitrogens is 3. The summed E-state index contributed by atoms with van der Waals surface area (Å²) >= 11 is 0. The average Bonchev–Trinajstić information content (AvgIpc) is 2.78. The van der Waals surface area contributed by atoms with E-state index in [-0.39, 0.29) is 5.69 Å². The van der Waals surface area contributed by atoms with Gasteiger partial charge >= 0.3 is 5.97 Å². The van der Waals surface area contributed by atoms with Crippen molar-refractivity contribution in [3.63, 3.8) is 0 Å². The first-order valence-corrected chi connectivity index (χ1v) is 6.20. The van der Waals surface area contributed by atoms with Crippen molar-refractivity contribution in [1.29, 1.82) is 0 Å². The summed E-state index contributed by atoms with van der Waals surface area (Å²) in [6.07, 6.45) is 1.75. The number of para-hydroxylation sites is 1. The Morgan fingerprint density at radius 2 is 2.00 bits per heavy atom. The van der Waals surface area contributed by atoms with E-state index in [2.05, 4.69) is 10.1 Å². The molecule has 5 nitrogen and oxygen atoms in total. The Kier molecular flexibility index (Phi) is 2.75. The monoisotopic (exact) mass is 267 g/mol. The van der Waals surface area contributed by atoms with Crippen molar-refractivity contribution < 1.29 is 9.90 Å². The van der Waals surface area contributed by atoms with Gasteiger partial charge in [-0.1, -0.05) is 18.2 Å². The van der Waals surface area contributed by atoms with E-state index in [1.54, 1.807) is 16.9 Å². The largest absolute Gasteiger partial charge is 0.477 e. The molecule has 20 heavy (non-hydrogen) atoms. The second-order valence-electron chi connectivity index (χ2n) is 4.64. The van der Waals surface area contributed by atoms with E-state index in [9.17, 15) is 9.90 Å². The molecular formula is C15H13N3O2. The normalized spacial score (nSPS) is 10.9. The topological polar surface area (TPSA) is 68.0 Å². The van der Waals surface area contributed by atoms with Crippen LogP contribution in [0.15, 0.2) is 36.5 Å². The fourth-order valence-electron chi connectivity index (χ4n) is 2.27. The van der Waals surface area contributed by atoms with Crippen LogP contribution >= 0.6 is 0 Å². The summed E-state index contributed by atoms with van der Waals surface area (Å²) in [6, 6.07) is 9.13. The quantitative estimate of drug-likeness (QED) is 0.775. The second-order valence-corrected chi connectivity index (χ2v) is 4.64. The first-order chi connectivity index (χ1) is 9.58. The van der Waals surface area contributed by atoms with Crippen molar-refractivity contribution in [2.75, 3.05) is 0 Å². The molecule has 1 N–H and O–H groups in total. The smallest absolute Gasteiger partial charge is 0.354 e. The lowest BCUT2D eigenvalue weighted by Gasteiger charge is -2.07. The minimum Gasteiger partial charge on any atom is -0.477 e. The van der Waals surface area contributed by atoms with E-state index in [4.69, 9.17) is 0 Å². The summed E-state index contributed by atoms with van der Waals surface area (Å²) in [5.41, 5.74) is 3.47. The highest BCUT2D eigenvalue weighted by Gasteiger charge is 2.15. The number of hydrogen-bond acceptors (Lipinski definition) is 3. The van der Waals surface area contributed by atoms with Crippen molar-refractivity contribution in [3.05, 3.63) is 47.9 Å². The number of carbonyl (C=O) groups is 1. The number of carboxylic acids is 1. The number of fused-ring (bicyclic) bond motifs is 1. The van der Waals surface area contributed by atoms with Crippen LogP contribution in [0, 0.1) is 6.92 Å². The highest BCUT2D eigenvalue weighted by atomic mass is 16.4. The van der Waals surface area contributed by atoms with E-state index in [1.165, 1.54) is 0 Å². The molecule has 0 amide bonds. The molecule has 0 spiro atoms. The Hall–Kier alpha value is -2.69. The van der Waals surface area contributed by atoms with Gasteiger partial charge in [-0.05, 0) is 24.6 Å². The van der Waals surface area contributed by atoms with Gasteiger partial charge in [0.05, 0.1) is 11.7 Å². The lowest BCUT2D eigenvalue weighted by molar-refractivity contribution is 0.0691. The molecule has 0 aliphatic rings. The number of hydrogen-bond donors (Lipinski definition) is 1. The molecule has 0 saturated carbocycles. The zero-order valence-corrected chi connectivity index (χ0v) is 11.2. The molecule has 5 heteroatoms. The molecule has 2 heterocycles. The van der Waals surface area contributed by atoms with Crippen LogP contribution in [0.4, 0.5) is 0 Å². The molecule has 3 rings (SSSR count). The molecule has 0 aliphatic carbocycles. The van der Waals surface area contributed by atoms with E-state index in [0.29, 0.717) is 5.52 Å². The summed E-state index contributed by atoms with van der Waals surface area (Å²) in [5.74, 6) is -1.03. The predicted molar refractivity (Wildman–Crippen MR) is 75.6 cm³/mol. The molecule has 0 radical (unpaired) electrons. The molecule has 0 atom stereocenters. The molecule has 0 unspecified atom stereocenters. The van der Waals surface area contributed by atoms with Gasteiger partial charge in [-0.3, -0.25) is 4.68 Å². The van der Waals surface area contributed by atoms with Gasteiger partial charge in [0, 0.05) is 23.7 Å². The molecule has 0 bridgehead atoms. The number of carboxylic acid groups (broad SMARTS) is 1. The summed E-state index contributed by atoms with van der Waals surface area (Å²) in [5, 5.41) is 14.4. The molecule has 3 aromatic rings. The van der Waals surface area contributed by atoms with Crippen LogP contribution in [-0.2, 0) is 7.05 Å². The molecule has 100 valence electrons. The molecule has 2 aromatic heterocycles. The Balaban J connectivity index is 2.38. The van der Waals surface area contributed by atoms with Crippen molar-refractivity contribution in [2.24, 2.45) is 7.05 Å². The highest BCUT2D eigenvalue weighted by Crippen LogP contribution is 2.30. The van der Waals surface area contributed by atoms with Crippen molar-refractivity contribution in [3.8, 4) is 11.1 Å². The number of aromatic carboxylic acids is 1. The van der Waals surface area contributed by atoms with Crippen LogP contribution in [0.25, 0.3) is 22.0 Å². The van der Waals surface area contributed by atoms with Gasteiger partial charge in [0.2, 0.25) is 0 Å². The highest BCUT2D eigenvalue weighted by molar-refractivity contribution is 5.99. The maximum atomic E-state index is 11.2. The molecular weight excluding hydrogens is 254 g/mol. The third-order valence-electron chi connectivity index (χ3n) is 3.46. The van der Waals surface area contributed by atoms with Gasteiger partial charge in [0.25, 0.3) is 0 Å². The van der Waals surface area contributed by atoms with Crippen LogP contribution in [0.3, 0.4) is 0 Å². The number of aryl methyl sites for hydroxylation is 1. The van der Waals surface area contributed by atoms with E-state index in [1.807, 2.05) is 38.2 Å². The number of nitrogens with zero attached hydrogens (tertiary/aromatic N) is 3. The van der Waals surface area contributed by atoms with E-state index >= 15 is 0 Å². The van der Waals surface area contributed by atoms with Crippen molar-refractivity contribution in [2.45, 2.75) is 6.92 Å². The summed E-state index contributed by atoms with van der Waals surface area (Å²) < 4.78 is 1.77. The summed E-state index contributed by atoms with van der Waals surface area (Å²) in [7, 11) is 1.86. The lowest BCUT2D eigenvalue weighted by atomic mass is 10.0. The fourth-order valence-corrected chi connectivity index (χ4v) is 2.27. The second kappa shape index (κ2) is 4.45. The average molecular weight is 267 g/mol. The van der Waals surface area contributed by atoms with Crippen LogP contribution in [0.2, 0.25) is 0 Å². The third-order valence-corrected chi connectivity index (χ3v) is 3.46. The molecule has 0 aliphatic heterocycles. The van der Waals surface area contributed by atoms with Crippen molar-refractivity contribution >= 4 is 16.9 Å². The molecule has 1 aromatic carbocycles. The maximum absolute atomic E-state index is 11.2. The van der Waals surface area contributed by atoms with Crippen LogP contribution < -0.4 is 0 Å². The molecule has 0 fully saturated rings. The first kappa shape index (κ1) is 12.3. The standard InChI is InChI=1S/C15H13N3O2/c1-9-12(8-16-18(9)2)11-7-14(15(19)20)17-13-6-4-3-5-10(11)13/h3-8H,1-2H3,(H,19,20). The number of benzene rings is 1. The number of rotatable bonds is 2. The summed E-state index contributed by atoms with van der Waals surface area (Å²) in [4.78, 5) is 15.4. The van der Waals surface area contributed by atoms with Gasteiger partial charge < -0.3 is 5.11 Å². The predicted octanol–water partition coefficient (Wildman–Crippen LogP) is 2.64. The van der Waals surface area contributed by atoms with Crippen molar-refractivity contribution in [1.82, 2.24) is 14.8 Å². The zero-order valence-electron chi connectivity index (χ0n) is 11.2. The minimum atomic E-state index is -1.03. The number of pyridine rings is 1. The first-order valence-electron chi connectivity index (χ1n) is 6.20. The molecule has 0 saturated heterocycles. The van der Waals surface area contributed by atoms with Gasteiger partial charge in [-0.2, -0.15) is 5.10 Å². The van der Waals surface area contributed by atoms with Gasteiger partial charge in [0.1, 0.15) is 5.69 Å². The van der Waals surface area contributed by atoms with E-state index < -0.39 is 5.97 Å². The Morgan fingerprint density at radius 3 is 2.65 bits per heavy atom. The summed E-state index contributed by atoms with van der Waals surface area (Å²) in [6.45, 7) is 1.96. The fraction of sp³-hybridized carbons (Fsp3) is 0.133. The van der Waals surface area contributed by atoms with Crippen LogP contribution in [-0.4, -0.2) is 25.8 Å². The van der Waals surface area contributed by atoms with Crippen LogP contribution in [0.5, 0.6) is 0 Å². The van der Waals surface area contributed by atoms with E-state index in [0.717, 1.165) is 22.2 Å². The lowest BCUT2D eigenvalue weighted by Crippen LogP contribution is -2.01. The van der Waals surface area contributed by atoms with Gasteiger partial charge in [0.15, 0.2) is 0 Å². The van der Waals surface area contributed by atoms with Gasteiger partial charge in [-0.15, -0.1) is 0 Å². The maximum Gasteiger partial charge on any atom is 0.354 e. The minimum absolute atomic E-state index is 0.0435. The Labute approximate surface area is 115 Å².